The third-order valence-corrected chi connectivity index (χ3v) is 2.67. The first kappa shape index (κ1) is 10.6. The van der Waals surface area contributed by atoms with Gasteiger partial charge < -0.3 is 14.6 Å². The standard InChI is InChI=1S/C11H18N2O2/c1-8-3-4-11(14-8)7-12-6-10-5-9(2)15-13-10/h5,8,11-12H,3-4,6-7H2,1-2H3. The van der Waals surface area contributed by atoms with Crippen LogP contribution in [0.4, 0.5) is 0 Å². The third-order valence-electron chi connectivity index (χ3n) is 2.67. The normalized spacial score (nSPS) is 26.0. The number of nitrogens with one attached hydrogen (secondary N) is 1. The van der Waals surface area contributed by atoms with Gasteiger partial charge in [-0.3, -0.25) is 0 Å². The summed E-state index contributed by atoms with van der Waals surface area (Å²) < 4.78 is 10.7. The van der Waals surface area contributed by atoms with Crippen molar-refractivity contribution < 1.29 is 9.26 Å². The molecule has 1 saturated heterocycles. The lowest BCUT2D eigenvalue weighted by Gasteiger charge is -2.10. The second-order valence-electron chi connectivity index (χ2n) is 4.21. The highest BCUT2D eigenvalue weighted by atomic mass is 16.5. The topological polar surface area (TPSA) is 47.3 Å². The van der Waals surface area contributed by atoms with Crippen LogP contribution in [0, 0.1) is 6.92 Å². The van der Waals surface area contributed by atoms with Gasteiger partial charge in [0.2, 0.25) is 0 Å². The highest BCUT2D eigenvalue weighted by molar-refractivity contribution is 5.02. The van der Waals surface area contributed by atoms with Crippen molar-refractivity contribution in [2.45, 2.75) is 45.4 Å². The van der Waals surface area contributed by atoms with Gasteiger partial charge in [-0.2, -0.15) is 0 Å². The summed E-state index contributed by atoms with van der Waals surface area (Å²) in [4.78, 5) is 0. The van der Waals surface area contributed by atoms with Crippen LogP contribution in [0.5, 0.6) is 0 Å². The maximum Gasteiger partial charge on any atom is 0.133 e. The van der Waals surface area contributed by atoms with E-state index in [0.717, 1.165) is 31.0 Å². The zero-order chi connectivity index (χ0) is 10.7. The van der Waals surface area contributed by atoms with Gasteiger partial charge in [0.1, 0.15) is 5.76 Å². The van der Waals surface area contributed by atoms with Gasteiger partial charge in [0.05, 0.1) is 17.9 Å². The fourth-order valence-electron chi connectivity index (χ4n) is 1.90. The molecule has 4 heteroatoms. The number of hydrogen-bond donors (Lipinski definition) is 1. The predicted octanol–water partition coefficient (Wildman–Crippen LogP) is 1.64. The average molecular weight is 210 g/mol. The zero-order valence-corrected chi connectivity index (χ0v) is 9.32. The van der Waals surface area contributed by atoms with E-state index in [0.29, 0.717) is 12.2 Å². The van der Waals surface area contributed by atoms with E-state index in [4.69, 9.17) is 9.26 Å². The van der Waals surface area contributed by atoms with Crippen molar-refractivity contribution in [1.29, 1.82) is 0 Å². The molecule has 4 nitrogen and oxygen atoms in total. The van der Waals surface area contributed by atoms with Crippen molar-refractivity contribution >= 4 is 0 Å². The van der Waals surface area contributed by atoms with Crippen molar-refractivity contribution in [3.63, 3.8) is 0 Å². The summed E-state index contributed by atoms with van der Waals surface area (Å²) in [5, 5.41) is 7.25. The van der Waals surface area contributed by atoms with Gasteiger partial charge in [-0.15, -0.1) is 0 Å². The molecule has 1 aliphatic heterocycles. The van der Waals surface area contributed by atoms with E-state index < -0.39 is 0 Å². The second-order valence-corrected chi connectivity index (χ2v) is 4.21. The monoisotopic (exact) mass is 210 g/mol. The number of nitrogens with zero attached hydrogens (tertiary/aromatic N) is 1. The van der Waals surface area contributed by atoms with Gasteiger partial charge in [-0.05, 0) is 26.7 Å². The van der Waals surface area contributed by atoms with Crippen molar-refractivity contribution in [3.05, 3.63) is 17.5 Å². The molecule has 0 spiro atoms. The molecule has 1 N–H and O–H groups in total. The maximum atomic E-state index is 5.70. The van der Waals surface area contributed by atoms with Crippen LogP contribution in [0.25, 0.3) is 0 Å². The summed E-state index contributed by atoms with van der Waals surface area (Å²) in [6.45, 7) is 5.68. The first-order chi connectivity index (χ1) is 7.24. The fourth-order valence-corrected chi connectivity index (χ4v) is 1.90. The van der Waals surface area contributed by atoms with Crippen molar-refractivity contribution in [1.82, 2.24) is 10.5 Å². The Balaban J connectivity index is 1.67. The highest BCUT2D eigenvalue weighted by Crippen LogP contribution is 2.18. The summed E-state index contributed by atoms with van der Waals surface area (Å²) in [7, 11) is 0. The Morgan fingerprint density at radius 2 is 2.40 bits per heavy atom. The molecule has 1 fully saturated rings. The van der Waals surface area contributed by atoms with E-state index in [1.54, 1.807) is 0 Å². The van der Waals surface area contributed by atoms with E-state index in [9.17, 15) is 0 Å². The molecule has 0 bridgehead atoms. The molecule has 0 aliphatic carbocycles. The van der Waals surface area contributed by atoms with Crippen LogP contribution in [0.15, 0.2) is 10.6 Å². The van der Waals surface area contributed by atoms with Gasteiger partial charge in [-0.1, -0.05) is 5.16 Å². The Hall–Kier alpha value is -0.870. The minimum atomic E-state index is 0.369. The first-order valence-corrected chi connectivity index (χ1v) is 5.52. The van der Waals surface area contributed by atoms with Crippen molar-refractivity contribution in [3.8, 4) is 0 Å². The number of ether oxygens (including phenoxy) is 1. The van der Waals surface area contributed by atoms with E-state index in [1.807, 2.05) is 13.0 Å². The molecule has 0 radical (unpaired) electrons. The summed E-state index contributed by atoms with van der Waals surface area (Å²) in [5.74, 6) is 0.859. The number of rotatable bonds is 4. The molecule has 2 rings (SSSR count). The minimum Gasteiger partial charge on any atom is -0.374 e. The first-order valence-electron chi connectivity index (χ1n) is 5.52. The van der Waals surface area contributed by atoms with Gasteiger partial charge in [0, 0.05) is 19.2 Å². The SMILES string of the molecule is Cc1cc(CNCC2CCC(C)O2)no1. The van der Waals surface area contributed by atoms with Gasteiger partial charge >= 0.3 is 0 Å². The lowest BCUT2D eigenvalue weighted by Crippen LogP contribution is -2.26. The van der Waals surface area contributed by atoms with Crippen LogP contribution >= 0.6 is 0 Å². The molecule has 2 atom stereocenters. The molecule has 2 heterocycles. The van der Waals surface area contributed by atoms with Crippen molar-refractivity contribution in [2.75, 3.05) is 6.54 Å². The smallest absolute Gasteiger partial charge is 0.133 e. The lowest BCUT2D eigenvalue weighted by molar-refractivity contribution is 0.0558. The molecule has 2 unspecified atom stereocenters. The Bertz CT molecular complexity index is 311. The molecule has 0 amide bonds. The van der Waals surface area contributed by atoms with Crippen LogP contribution in [-0.4, -0.2) is 23.9 Å². The summed E-state index contributed by atoms with van der Waals surface area (Å²) in [5.41, 5.74) is 0.957. The van der Waals surface area contributed by atoms with Crippen LogP contribution in [0.2, 0.25) is 0 Å². The van der Waals surface area contributed by atoms with Crippen molar-refractivity contribution in [2.24, 2.45) is 0 Å². The lowest BCUT2D eigenvalue weighted by atomic mass is 10.2. The molecule has 1 aromatic rings. The highest BCUT2D eigenvalue weighted by Gasteiger charge is 2.20. The number of hydrogen-bond acceptors (Lipinski definition) is 4. The molecule has 0 saturated carbocycles. The van der Waals surface area contributed by atoms with E-state index in [1.165, 1.54) is 6.42 Å². The molecule has 0 aromatic carbocycles. The van der Waals surface area contributed by atoms with Crippen LogP contribution in [0.3, 0.4) is 0 Å². The summed E-state index contributed by atoms with van der Waals surface area (Å²) in [6, 6.07) is 1.95. The van der Waals surface area contributed by atoms with Crippen LogP contribution < -0.4 is 5.32 Å². The Morgan fingerprint density at radius 3 is 3.00 bits per heavy atom. The van der Waals surface area contributed by atoms with E-state index in [2.05, 4.69) is 17.4 Å². The fraction of sp³-hybridized carbons (Fsp3) is 0.727. The molecule has 15 heavy (non-hydrogen) atoms. The largest absolute Gasteiger partial charge is 0.374 e. The maximum absolute atomic E-state index is 5.70. The van der Waals surface area contributed by atoms with E-state index >= 15 is 0 Å². The summed E-state index contributed by atoms with van der Waals surface area (Å²) >= 11 is 0. The van der Waals surface area contributed by atoms with Crippen LogP contribution in [-0.2, 0) is 11.3 Å². The minimum absolute atomic E-state index is 0.369. The molecular formula is C11H18N2O2. The van der Waals surface area contributed by atoms with Gasteiger partial charge in [-0.25, -0.2) is 0 Å². The van der Waals surface area contributed by atoms with Crippen LogP contribution in [0.1, 0.15) is 31.2 Å². The molecule has 84 valence electrons. The van der Waals surface area contributed by atoms with Gasteiger partial charge in [0.25, 0.3) is 0 Å². The Morgan fingerprint density at radius 1 is 1.53 bits per heavy atom. The molecule has 1 aromatic heterocycles. The van der Waals surface area contributed by atoms with Gasteiger partial charge in [0.15, 0.2) is 0 Å². The zero-order valence-electron chi connectivity index (χ0n) is 9.32. The Labute approximate surface area is 90.0 Å². The molecular weight excluding hydrogens is 192 g/mol. The number of aryl methyl sites for hydroxylation is 1. The predicted molar refractivity (Wildman–Crippen MR) is 56.5 cm³/mol. The third kappa shape index (κ3) is 3.04. The molecule has 1 aliphatic rings. The summed E-state index contributed by atoms with van der Waals surface area (Å²) in [6.07, 6.45) is 3.13. The Kier molecular flexibility index (Phi) is 3.38. The quantitative estimate of drug-likeness (QED) is 0.820. The number of aromatic nitrogens is 1. The second kappa shape index (κ2) is 4.77. The average Bonchev–Trinajstić information content (AvgIpc) is 2.76. The van der Waals surface area contributed by atoms with E-state index in [-0.39, 0.29) is 0 Å².